The molecule has 6 heteroatoms. The Balaban J connectivity index is 2.08. The van der Waals surface area contributed by atoms with Gasteiger partial charge < -0.3 is 14.3 Å². The van der Waals surface area contributed by atoms with Crippen LogP contribution in [-0.4, -0.2) is 49.2 Å². The van der Waals surface area contributed by atoms with Gasteiger partial charge in [0.25, 0.3) is 0 Å². The average Bonchev–Trinajstić information content (AvgIpc) is 2.89. The quantitative estimate of drug-likeness (QED) is 0.579. The van der Waals surface area contributed by atoms with Crippen molar-refractivity contribution in [1.82, 2.24) is 4.90 Å². The maximum atomic E-state index is 12.7. The summed E-state index contributed by atoms with van der Waals surface area (Å²) in [5.74, 6) is 0. The first-order valence-electron chi connectivity index (χ1n) is 9.51. The van der Waals surface area contributed by atoms with Crippen molar-refractivity contribution in [2.24, 2.45) is 0 Å². The van der Waals surface area contributed by atoms with E-state index >= 15 is 0 Å². The largest absolute Gasteiger partial charge is 0.445 e. The Kier molecular flexibility index (Phi) is 6.89. The number of carbonyl (C=O) groups is 1. The van der Waals surface area contributed by atoms with Crippen LogP contribution in [0.1, 0.15) is 32.8 Å². The predicted octanol–water partition coefficient (Wildman–Crippen LogP) is 4.33. The van der Waals surface area contributed by atoms with Crippen LogP contribution in [-0.2, 0) is 15.8 Å². The Morgan fingerprint density at radius 1 is 1.33 bits per heavy atom. The number of nitrogens with zero attached hydrogens (tertiary/aromatic N) is 1. The first-order chi connectivity index (χ1) is 12.6. The van der Waals surface area contributed by atoms with Crippen LogP contribution in [0.25, 0.3) is 0 Å². The Hall–Kier alpha value is -1.63. The second-order valence-electron chi connectivity index (χ2n) is 8.69. The second-order valence-corrected chi connectivity index (χ2v) is 13.4. The minimum Gasteiger partial charge on any atom is -0.445 e. The lowest BCUT2D eigenvalue weighted by atomic mass is 10.1. The number of aliphatic hydroxyl groups is 1. The van der Waals surface area contributed by atoms with E-state index in [4.69, 9.17) is 9.16 Å². The van der Waals surface area contributed by atoms with Crippen molar-refractivity contribution in [3.63, 3.8) is 0 Å². The van der Waals surface area contributed by atoms with Gasteiger partial charge in [-0.2, -0.15) is 0 Å². The standard InChI is InChI=1S/C21H33NO4Si/c1-7-11-17-19(23)18(26-27(5,6)21(2,3)4)14-22(17)20(24)25-15-16-12-9-8-10-13-16/h7-10,12-13,17-19,23H,1,11,14-15H2,2-6H3/t17-,18+,19-/m0/s1. The molecule has 5 nitrogen and oxygen atoms in total. The van der Waals surface area contributed by atoms with Gasteiger partial charge in [0.1, 0.15) is 12.7 Å². The fourth-order valence-corrected chi connectivity index (χ4v) is 4.31. The van der Waals surface area contributed by atoms with E-state index in [1.54, 1.807) is 11.0 Å². The van der Waals surface area contributed by atoms with Crippen LogP contribution in [0.5, 0.6) is 0 Å². The molecule has 0 saturated carbocycles. The highest BCUT2D eigenvalue weighted by molar-refractivity contribution is 6.74. The maximum absolute atomic E-state index is 12.7. The summed E-state index contributed by atoms with van der Waals surface area (Å²) in [5, 5.41) is 10.8. The number of ether oxygens (including phenoxy) is 1. The number of aliphatic hydroxyl groups excluding tert-OH is 1. The fraction of sp³-hybridized carbons (Fsp3) is 0.571. The normalized spacial score (nSPS) is 23.3. The third kappa shape index (κ3) is 5.21. The number of benzene rings is 1. The maximum Gasteiger partial charge on any atom is 0.410 e. The Morgan fingerprint density at radius 3 is 2.52 bits per heavy atom. The van der Waals surface area contributed by atoms with Crippen LogP contribution in [0.4, 0.5) is 4.79 Å². The van der Waals surface area contributed by atoms with E-state index in [2.05, 4.69) is 40.4 Å². The number of rotatable bonds is 6. The molecule has 0 unspecified atom stereocenters. The first-order valence-corrected chi connectivity index (χ1v) is 12.4. The van der Waals surface area contributed by atoms with Crippen LogP contribution >= 0.6 is 0 Å². The molecule has 0 bridgehead atoms. The zero-order valence-electron chi connectivity index (χ0n) is 17.1. The van der Waals surface area contributed by atoms with E-state index < -0.39 is 26.6 Å². The molecule has 0 spiro atoms. The van der Waals surface area contributed by atoms with Gasteiger partial charge in [0.15, 0.2) is 8.32 Å². The van der Waals surface area contributed by atoms with Gasteiger partial charge in [-0.3, -0.25) is 4.90 Å². The van der Waals surface area contributed by atoms with Gasteiger partial charge in [0.2, 0.25) is 0 Å². The number of hydrogen-bond acceptors (Lipinski definition) is 4. The number of hydrogen-bond donors (Lipinski definition) is 1. The van der Waals surface area contributed by atoms with Gasteiger partial charge in [-0.15, -0.1) is 6.58 Å². The highest BCUT2D eigenvalue weighted by Gasteiger charge is 2.48. The van der Waals surface area contributed by atoms with Crippen molar-refractivity contribution < 1.29 is 19.1 Å². The van der Waals surface area contributed by atoms with E-state index in [0.29, 0.717) is 13.0 Å². The summed E-state index contributed by atoms with van der Waals surface area (Å²) >= 11 is 0. The average molecular weight is 392 g/mol. The second kappa shape index (κ2) is 8.58. The van der Waals surface area contributed by atoms with E-state index in [1.165, 1.54) is 0 Å². The molecule has 1 saturated heterocycles. The monoisotopic (exact) mass is 391 g/mol. The van der Waals surface area contributed by atoms with Gasteiger partial charge in [-0.25, -0.2) is 4.79 Å². The predicted molar refractivity (Wildman–Crippen MR) is 110 cm³/mol. The molecule has 1 aromatic rings. The van der Waals surface area contributed by atoms with Gasteiger partial charge in [-0.1, -0.05) is 57.2 Å². The van der Waals surface area contributed by atoms with Gasteiger partial charge in [0.05, 0.1) is 18.7 Å². The molecule has 27 heavy (non-hydrogen) atoms. The van der Waals surface area contributed by atoms with Gasteiger partial charge in [-0.05, 0) is 30.1 Å². The Morgan fingerprint density at radius 2 is 1.96 bits per heavy atom. The van der Waals surface area contributed by atoms with Crippen LogP contribution in [0.3, 0.4) is 0 Å². The molecule has 1 fully saturated rings. The molecule has 0 aromatic heterocycles. The lowest BCUT2D eigenvalue weighted by Crippen LogP contribution is -2.47. The van der Waals surface area contributed by atoms with E-state index in [0.717, 1.165) is 5.56 Å². The lowest BCUT2D eigenvalue weighted by molar-refractivity contribution is 0.0421. The minimum absolute atomic E-state index is 0.0297. The topological polar surface area (TPSA) is 59.0 Å². The van der Waals surface area contributed by atoms with E-state index in [9.17, 15) is 9.90 Å². The highest BCUT2D eigenvalue weighted by Crippen LogP contribution is 2.39. The van der Waals surface area contributed by atoms with E-state index in [-0.39, 0.29) is 17.7 Å². The lowest BCUT2D eigenvalue weighted by Gasteiger charge is -2.39. The summed E-state index contributed by atoms with van der Waals surface area (Å²) in [4.78, 5) is 14.3. The van der Waals surface area contributed by atoms with Crippen molar-refractivity contribution in [3.05, 3.63) is 48.6 Å². The molecule has 1 aliphatic rings. The Bertz CT molecular complexity index is 641. The van der Waals surface area contributed by atoms with Gasteiger partial charge >= 0.3 is 6.09 Å². The van der Waals surface area contributed by atoms with Crippen molar-refractivity contribution in [2.45, 2.75) is 70.2 Å². The summed E-state index contributed by atoms with van der Waals surface area (Å²) in [5.41, 5.74) is 0.930. The zero-order valence-corrected chi connectivity index (χ0v) is 18.1. The first kappa shape index (κ1) is 21.7. The Labute approximate surface area is 164 Å². The molecular weight excluding hydrogens is 358 g/mol. The van der Waals surface area contributed by atoms with Crippen molar-refractivity contribution in [3.8, 4) is 0 Å². The van der Waals surface area contributed by atoms with Gasteiger partial charge in [0, 0.05) is 0 Å². The molecule has 2 rings (SSSR count). The summed E-state index contributed by atoms with van der Waals surface area (Å²) in [6.07, 6.45) is 0.645. The molecule has 1 aliphatic heterocycles. The third-order valence-electron chi connectivity index (χ3n) is 5.65. The summed E-state index contributed by atoms with van der Waals surface area (Å²) in [6, 6.07) is 9.19. The highest BCUT2D eigenvalue weighted by atomic mass is 28.4. The minimum atomic E-state index is -2.06. The molecule has 1 heterocycles. The molecule has 1 aromatic carbocycles. The summed E-state index contributed by atoms with van der Waals surface area (Å²) < 4.78 is 11.9. The number of amides is 1. The summed E-state index contributed by atoms with van der Waals surface area (Å²) in [6.45, 7) is 15.1. The summed E-state index contributed by atoms with van der Waals surface area (Å²) in [7, 11) is -2.06. The molecular formula is C21H33NO4Si. The number of likely N-dealkylation sites (tertiary alicyclic amines) is 1. The molecule has 0 aliphatic carbocycles. The molecule has 150 valence electrons. The van der Waals surface area contributed by atoms with Crippen molar-refractivity contribution >= 4 is 14.4 Å². The van der Waals surface area contributed by atoms with Crippen LogP contribution in [0, 0.1) is 0 Å². The number of carbonyl (C=O) groups excluding carboxylic acids is 1. The third-order valence-corrected chi connectivity index (χ3v) is 10.2. The van der Waals surface area contributed by atoms with Crippen LogP contribution in [0.2, 0.25) is 18.1 Å². The fourth-order valence-electron chi connectivity index (χ4n) is 2.98. The van der Waals surface area contributed by atoms with Crippen LogP contribution < -0.4 is 0 Å². The molecule has 3 atom stereocenters. The smallest absolute Gasteiger partial charge is 0.410 e. The SMILES string of the molecule is C=CC[C@H]1[C@H](O)[C@H](O[Si](C)(C)C(C)(C)C)CN1C(=O)OCc1ccccc1. The zero-order chi connectivity index (χ0) is 20.2. The van der Waals surface area contributed by atoms with Crippen LogP contribution in [0.15, 0.2) is 43.0 Å². The molecule has 1 N–H and O–H groups in total. The van der Waals surface area contributed by atoms with E-state index in [1.807, 2.05) is 30.3 Å². The van der Waals surface area contributed by atoms with Crippen molar-refractivity contribution in [1.29, 1.82) is 0 Å². The molecule has 1 amide bonds. The van der Waals surface area contributed by atoms with Crippen molar-refractivity contribution in [2.75, 3.05) is 6.54 Å². The molecule has 0 radical (unpaired) electrons.